The predicted octanol–water partition coefficient (Wildman–Crippen LogP) is 1.61. The summed E-state index contributed by atoms with van der Waals surface area (Å²) in [5.41, 5.74) is 0.685. The molecule has 1 saturated heterocycles. The van der Waals surface area contributed by atoms with Crippen molar-refractivity contribution in [2.24, 2.45) is 0 Å². The average Bonchev–Trinajstić information content (AvgIpc) is 2.65. The maximum Gasteiger partial charge on any atom is 0.334 e. The van der Waals surface area contributed by atoms with E-state index in [-0.39, 0.29) is 5.97 Å². The molecular formula is C9H8O3. The highest BCUT2D eigenvalue weighted by Crippen LogP contribution is 2.16. The van der Waals surface area contributed by atoms with Gasteiger partial charge in [-0.3, -0.25) is 0 Å². The van der Waals surface area contributed by atoms with Crippen molar-refractivity contribution >= 4 is 12.0 Å². The van der Waals surface area contributed by atoms with E-state index < -0.39 is 0 Å². The third-order valence-electron chi connectivity index (χ3n) is 1.73. The Morgan fingerprint density at radius 3 is 3.00 bits per heavy atom. The lowest BCUT2D eigenvalue weighted by Gasteiger charge is -1.88. The van der Waals surface area contributed by atoms with E-state index in [1.807, 2.05) is 0 Å². The lowest BCUT2D eigenvalue weighted by molar-refractivity contribution is -0.134. The van der Waals surface area contributed by atoms with Crippen molar-refractivity contribution in [3.63, 3.8) is 0 Å². The van der Waals surface area contributed by atoms with Crippen molar-refractivity contribution < 1.29 is 13.9 Å². The first-order valence-corrected chi connectivity index (χ1v) is 3.77. The molecule has 0 aromatic carbocycles. The van der Waals surface area contributed by atoms with Crippen molar-refractivity contribution in [1.29, 1.82) is 0 Å². The molecule has 0 N–H and O–H groups in total. The quantitative estimate of drug-likeness (QED) is 0.467. The van der Waals surface area contributed by atoms with Gasteiger partial charge in [0.1, 0.15) is 5.76 Å². The molecule has 0 atom stereocenters. The van der Waals surface area contributed by atoms with Gasteiger partial charge in [0.2, 0.25) is 0 Å². The van der Waals surface area contributed by atoms with Crippen LogP contribution in [0.1, 0.15) is 12.2 Å². The van der Waals surface area contributed by atoms with E-state index in [1.165, 1.54) is 0 Å². The Kier molecular flexibility index (Phi) is 1.70. The molecule has 0 aliphatic carbocycles. The first-order valence-electron chi connectivity index (χ1n) is 3.77. The van der Waals surface area contributed by atoms with Gasteiger partial charge in [0.05, 0.1) is 12.9 Å². The van der Waals surface area contributed by atoms with Crippen LogP contribution in [0.4, 0.5) is 0 Å². The Morgan fingerprint density at radius 1 is 1.50 bits per heavy atom. The van der Waals surface area contributed by atoms with E-state index in [0.717, 1.165) is 0 Å². The molecule has 0 spiro atoms. The van der Waals surface area contributed by atoms with E-state index >= 15 is 0 Å². The Balaban J connectivity index is 2.23. The lowest BCUT2D eigenvalue weighted by atomic mass is 10.2. The van der Waals surface area contributed by atoms with Gasteiger partial charge in [-0.15, -0.1) is 0 Å². The summed E-state index contributed by atoms with van der Waals surface area (Å²) < 4.78 is 9.82. The van der Waals surface area contributed by atoms with Crippen LogP contribution in [-0.2, 0) is 9.53 Å². The first kappa shape index (κ1) is 7.16. The Morgan fingerprint density at radius 2 is 2.42 bits per heavy atom. The molecule has 0 saturated carbocycles. The predicted molar refractivity (Wildman–Crippen MR) is 42.3 cm³/mol. The van der Waals surface area contributed by atoms with Crippen molar-refractivity contribution in [2.75, 3.05) is 6.61 Å². The summed E-state index contributed by atoms with van der Waals surface area (Å²) in [5.74, 6) is 0.468. The van der Waals surface area contributed by atoms with Gasteiger partial charge < -0.3 is 9.15 Å². The fourth-order valence-electron chi connectivity index (χ4n) is 1.12. The molecule has 1 aliphatic heterocycles. The largest absolute Gasteiger partial charge is 0.465 e. The number of carbonyl (C=O) groups is 1. The van der Waals surface area contributed by atoms with Crippen LogP contribution in [0.25, 0.3) is 6.08 Å². The highest BCUT2D eigenvalue weighted by atomic mass is 16.5. The molecule has 1 aliphatic rings. The summed E-state index contributed by atoms with van der Waals surface area (Å²) in [6, 6.07) is 3.59. The standard InChI is InChI=1S/C9H8O3/c10-9-7(3-5-12-9)6-8-2-1-4-11-8/h1-2,4,6H,3,5H2/b7-6+. The van der Waals surface area contributed by atoms with Crippen molar-refractivity contribution in [1.82, 2.24) is 0 Å². The number of cyclic esters (lactones) is 1. The molecule has 3 heteroatoms. The number of esters is 1. The molecule has 1 aromatic heterocycles. The van der Waals surface area contributed by atoms with E-state index in [9.17, 15) is 4.79 Å². The van der Waals surface area contributed by atoms with Gasteiger partial charge in [0.25, 0.3) is 0 Å². The highest BCUT2D eigenvalue weighted by Gasteiger charge is 2.18. The minimum atomic E-state index is -0.230. The SMILES string of the molecule is O=C1OCC/C1=C\c1ccco1. The van der Waals surface area contributed by atoms with Gasteiger partial charge >= 0.3 is 5.97 Å². The zero-order chi connectivity index (χ0) is 8.39. The molecule has 62 valence electrons. The van der Waals surface area contributed by atoms with Gasteiger partial charge in [0.15, 0.2) is 0 Å². The van der Waals surface area contributed by atoms with Gasteiger partial charge in [-0.1, -0.05) is 0 Å². The number of rotatable bonds is 1. The van der Waals surface area contributed by atoms with Gasteiger partial charge in [-0.2, -0.15) is 0 Å². The first-order chi connectivity index (χ1) is 5.86. The minimum Gasteiger partial charge on any atom is -0.465 e. The second-order valence-electron chi connectivity index (χ2n) is 2.57. The fourth-order valence-corrected chi connectivity index (χ4v) is 1.12. The molecule has 3 nitrogen and oxygen atoms in total. The van der Waals surface area contributed by atoms with Crippen LogP contribution < -0.4 is 0 Å². The summed E-state index contributed by atoms with van der Waals surface area (Å²) in [4.78, 5) is 11.0. The Bertz CT molecular complexity index is 309. The summed E-state index contributed by atoms with van der Waals surface area (Å²) in [5, 5.41) is 0. The van der Waals surface area contributed by atoms with E-state index in [0.29, 0.717) is 24.4 Å². The van der Waals surface area contributed by atoms with Crippen LogP contribution in [0.5, 0.6) is 0 Å². The second kappa shape index (κ2) is 2.85. The van der Waals surface area contributed by atoms with Crippen molar-refractivity contribution in [3.8, 4) is 0 Å². The Hall–Kier alpha value is -1.51. The molecule has 0 bridgehead atoms. The molecule has 1 aromatic rings. The normalized spacial score (nSPS) is 20.0. The smallest absolute Gasteiger partial charge is 0.334 e. The molecule has 0 radical (unpaired) electrons. The van der Waals surface area contributed by atoms with Crippen molar-refractivity contribution in [3.05, 3.63) is 29.7 Å². The minimum absolute atomic E-state index is 0.230. The van der Waals surface area contributed by atoms with E-state index in [1.54, 1.807) is 24.5 Å². The number of carbonyl (C=O) groups excluding carboxylic acids is 1. The van der Waals surface area contributed by atoms with Crippen LogP contribution in [0.3, 0.4) is 0 Å². The van der Waals surface area contributed by atoms with Crippen LogP contribution in [0.15, 0.2) is 28.4 Å². The average molecular weight is 164 g/mol. The number of furan rings is 1. The van der Waals surface area contributed by atoms with Gasteiger partial charge in [-0.05, 0) is 18.2 Å². The fraction of sp³-hybridized carbons (Fsp3) is 0.222. The molecule has 12 heavy (non-hydrogen) atoms. The second-order valence-corrected chi connectivity index (χ2v) is 2.57. The molecule has 2 rings (SSSR count). The maximum absolute atomic E-state index is 11.0. The topological polar surface area (TPSA) is 39.4 Å². The highest BCUT2D eigenvalue weighted by molar-refractivity contribution is 5.94. The van der Waals surface area contributed by atoms with E-state index in [2.05, 4.69) is 0 Å². The summed E-state index contributed by atoms with van der Waals surface area (Å²) in [7, 11) is 0. The maximum atomic E-state index is 11.0. The third-order valence-corrected chi connectivity index (χ3v) is 1.73. The summed E-state index contributed by atoms with van der Waals surface area (Å²) in [6.07, 6.45) is 3.97. The van der Waals surface area contributed by atoms with Gasteiger partial charge in [-0.25, -0.2) is 4.79 Å². The van der Waals surface area contributed by atoms with Crippen LogP contribution >= 0.6 is 0 Å². The van der Waals surface area contributed by atoms with Crippen LogP contribution in [0, 0.1) is 0 Å². The zero-order valence-electron chi connectivity index (χ0n) is 6.45. The Labute approximate surface area is 69.6 Å². The number of hydrogen-bond donors (Lipinski definition) is 0. The van der Waals surface area contributed by atoms with Gasteiger partial charge in [0, 0.05) is 12.0 Å². The lowest BCUT2D eigenvalue weighted by Crippen LogP contribution is -1.93. The molecule has 2 heterocycles. The van der Waals surface area contributed by atoms with Crippen molar-refractivity contribution in [2.45, 2.75) is 6.42 Å². The molecular weight excluding hydrogens is 156 g/mol. The number of ether oxygens (including phenoxy) is 1. The van der Waals surface area contributed by atoms with E-state index in [4.69, 9.17) is 9.15 Å². The molecule has 0 amide bonds. The molecule has 1 fully saturated rings. The molecule has 0 unspecified atom stereocenters. The summed E-state index contributed by atoms with van der Waals surface area (Å²) >= 11 is 0. The summed E-state index contributed by atoms with van der Waals surface area (Å²) in [6.45, 7) is 0.491. The zero-order valence-corrected chi connectivity index (χ0v) is 6.45. The number of hydrogen-bond acceptors (Lipinski definition) is 3. The monoisotopic (exact) mass is 164 g/mol. The van der Waals surface area contributed by atoms with Crippen LogP contribution in [-0.4, -0.2) is 12.6 Å². The third kappa shape index (κ3) is 1.25. The van der Waals surface area contributed by atoms with Crippen LogP contribution in [0.2, 0.25) is 0 Å².